The lowest BCUT2D eigenvalue weighted by molar-refractivity contribution is -0.121. The minimum atomic E-state index is -0.289. The summed E-state index contributed by atoms with van der Waals surface area (Å²) in [7, 11) is 0. The maximum absolute atomic E-state index is 12.0. The molecule has 0 spiro atoms. The minimum absolute atomic E-state index is 0.106. The molecule has 0 aromatic heterocycles. The van der Waals surface area contributed by atoms with Crippen LogP contribution >= 0.6 is 27.7 Å². The second-order valence-corrected chi connectivity index (χ2v) is 7.25. The van der Waals surface area contributed by atoms with Crippen LogP contribution in [0, 0.1) is 11.3 Å². The van der Waals surface area contributed by atoms with Crippen molar-refractivity contribution >= 4 is 39.5 Å². The first-order chi connectivity index (χ1) is 11.5. The number of hydrogen-bond acceptors (Lipinski definition) is 4. The molecule has 0 saturated carbocycles. The molecule has 2 amide bonds. The molecule has 1 aromatic rings. The minimum Gasteiger partial charge on any atom is -0.355 e. The van der Waals surface area contributed by atoms with E-state index in [2.05, 4.69) is 32.6 Å². The Labute approximate surface area is 154 Å². The highest BCUT2D eigenvalue weighted by atomic mass is 79.9. The summed E-state index contributed by atoms with van der Waals surface area (Å²) < 4.78 is 0.899. The molecule has 1 aliphatic heterocycles. The SMILES string of the molecule is CCCNC(=O)CSC1=C(C#N)[C@@H](c2cccc(Br)c2)CC(=O)N1. The van der Waals surface area contributed by atoms with Gasteiger partial charge in [0, 0.05) is 23.4 Å². The van der Waals surface area contributed by atoms with Gasteiger partial charge in [0.15, 0.2) is 0 Å². The number of thioether (sulfide) groups is 1. The Hall–Kier alpha value is -1.78. The van der Waals surface area contributed by atoms with Crippen LogP contribution in [-0.2, 0) is 9.59 Å². The average molecular weight is 408 g/mol. The van der Waals surface area contributed by atoms with E-state index in [9.17, 15) is 14.9 Å². The molecule has 7 heteroatoms. The summed E-state index contributed by atoms with van der Waals surface area (Å²) in [5.41, 5.74) is 1.41. The summed E-state index contributed by atoms with van der Waals surface area (Å²) in [6.07, 6.45) is 1.09. The van der Waals surface area contributed by atoms with Crippen LogP contribution in [0.15, 0.2) is 39.3 Å². The molecule has 126 valence electrons. The van der Waals surface area contributed by atoms with E-state index in [1.54, 1.807) is 0 Å². The largest absolute Gasteiger partial charge is 0.355 e. The molecule has 0 fully saturated rings. The summed E-state index contributed by atoms with van der Waals surface area (Å²) in [5, 5.41) is 15.6. The van der Waals surface area contributed by atoms with Crippen LogP contribution in [0.3, 0.4) is 0 Å². The summed E-state index contributed by atoms with van der Waals surface area (Å²) in [5.74, 6) is -0.366. The number of allylic oxidation sites excluding steroid dienone is 1. The molecular formula is C17H18BrN3O2S. The number of halogens is 1. The Balaban J connectivity index is 2.21. The van der Waals surface area contributed by atoms with E-state index in [1.165, 1.54) is 11.8 Å². The van der Waals surface area contributed by atoms with Gasteiger partial charge in [-0.2, -0.15) is 5.26 Å². The Morgan fingerprint density at radius 2 is 2.33 bits per heavy atom. The zero-order valence-electron chi connectivity index (χ0n) is 13.3. The average Bonchev–Trinajstić information content (AvgIpc) is 2.57. The van der Waals surface area contributed by atoms with Gasteiger partial charge < -0.3 is 10.6 Å². The van der Waals surface area contributed by atoms with Crippen molar-refractivity contribution in [1.82, 2.24) is 10.6 Å². The van der Waals surface area contributed by atoms with Gasteiger partial charge in [0.1, 0.15) is 0 Å². The van der Waals surface area contributed by atoms with Gasteiger partial charge >= 0.3 is 0 Å². The Kier molecular flexibility index (Phi) is 6.88. The first-order valence-electron chi connectivity index (χ1n) is 7.64. The van der Waals surface area contributed by atoms with Crippen LogP contribution in [0.25, 0.3) is 0 Å². The monoisotopic (exact) mass is 407 g/mol. The Bertz CT molecular complexity index is 712. The van der Waals surface area contributed by atoms with Gasteiger partial charge in [0.05, 0.1) is 22.4 Å². The van der Waals surface area contributed by atoms with Crippen molar-refractivity contribution in [2.45, 2.75) is 25.7 Å². The van der Waals surface area contributed by atoms with E-state index < -0.39 is 0 Å². The number of hydrogen-bond donors (Lipinski definition) is 2. The van der Waals surface area contributed by atoms with E-state index in [4.69, 9.17) is 0 Å². The van der Waals surface area contributed by atoms with Gasteiger partial charge in [-0.3, -0.25) is 9.59 Å². The summed E-state index contributed by atoms with van der Waals surface area (Å²) in [4.78, 5) is 23.8. The second kappa shape index (κ2) is 8.90. The summed E-state index contributed by atoms with van der Waals surface area (Å²) in [6.45, 7) is 2.60. The lowest BCUT2D eigenvalue weighted by atomic mass is 9.87. The van der Waals surface area contributed by atoms with Crippen LogP contribution in [-0.4, -0.2) is 24.1 Å². The fourth-order valence-electron chi connectivity index (χ4n) is 2.39. The van der Waals surface area contributed by atoms with Gasteiger partial charge in [0.2, 0.25) is 11.8 Å². The number of benzene rings is 1. The molecule has 0 unspecified atom stereocenters. The van der Waals surface area contributed by atoms with E-state index in [1.807, 2.05) is 31.2 Å². The number of nitriles is 1. The molecule has 0 aliphatic carbocycles. The second-order valence-electron chi connectivity index (χ2n) is 5.35. The number of amides is 2. The summed E-state index contributed by atoms with van der Waals surface area (Å²) in [6, 6.07) is 9.80. The van der Waals surface area contributed by atoms with Crippen molar-refractivity contribution in [1.29, 1.82) is 5.26 Å². The first-order valence-corrected chi connectivity index (χ1v) is 9.42. The highest BCUT2D eigenvalue weighted by molar-refractivity contribution is 9.10. The van der Waals surface area contributed by atoms with Crippen molar-refractivity contribution in [2.24, 2.45) is 0 Å². The quantitative estimate of drug-likeness (QED) is 0.758. The molecule has 1 heterocycles. The van der Waals surface area contributed by atoms with Crippen LogP contribution in [0.5, 0.6) is 0 Å². The molecule has 0 radical (unpaired) electrons. The molecule has 0 saturated heterocycles. The van der Waals surface area contributed by atoms with Gasteiger partial charge in [-0.15, -0.1) is 0 Å². The molecule has 1 aromatic carbocycles. The highest BCUT2D eigenvalue weighted by Gasteiger charge is 2.29. The van der Waals surface area contributed by atoms with Gasteiger partial charge in [-0.05, 0) is 24.1 Å². The zero-order chi connectivity index (χ0) is 17.5. The predicted molar refractivity (Wildman–Crippen MR) is 98.0 cm³/mol. The number of carbonyl (C=O) groups excluding carboxylic acids is 2. The number of carbonyl (C=O) groups is 2. The third-order valence-electron chi connectivity index (χ3n) is 3.53. The van der Waals surface area contributed by atoms with Crippen molar-refractivity contribution < 1.29 is 9.59 Å². The molecule has 24 heavy (non-hydrogen) atoms. The normalized spacial score (nSPS) is 17.2. The van der Waals surface area contributed by atoms with E-state index in [0.29, 0.717) is 17.1 Å². The van der Waals surface area contributed by atoms with Crippen LogP contribution in [0.2, 0.25) is 0 Å². The van der Waals surface area contributed by atoms with E-state index >= 15 is 0 Å². The first kappa shape index (κ1) is 18.6. The fraction of sp³-hybridized carbons (Fsp3) is 0.353. The third kappa shape index (κ3) is 4.86. The Morgan fingerprint density at radius 1 is 1.54 bits per heavy atom. The van der Waals surface area contributed by atoms with Gasteiger partial charge in [-0.25, -0.2) is 0 Å². The molecule has 5 nitrogen and oxygen atoms in total. The van der Waals surface area contributed by atoms with Crippen LogP contribution < -0.4 is 10.6 Å². The van der Waals surface area contributed by atoms with Crippen molar-refractivity contribution in [3.63, 3.8) is 0 Å². The lowest BCUT2D eigenvalue weighted by Crippen LogP contribution is -2.32. The van der Waals surface area contributed by atoms with Gasteiger partial charge in [0.25, 0.3) is 0 Å². The Morgan fingerprint density at radius 3 is 3.00 bits per heavy atom. The topological polar surface area (TPSA) is 82.0 Å². The number of nitrogens with zero attached hydrogens (tertiary/aromatic N) is 1. The number of nitrogens with one attached hydrogen (secondary N) is 2. The van der Waals surface area contributed by atoms with Crippen molar-refractivity contribution in [3.8, 4) is 6.07 Å². The fourth-order valence-corrected chi connectivity index (χ4v) is 3.72. The molecule has 2 rings (SSSR count). The lowest BCUT2D eigenvalue weighted by Gasteiger charge is -2.25. The zero-order valence-corrected chi connectivity index (χ0v) is 15.7. The molecule has 2 N–H and O–H groups in total. The standard InChI is InChI=1S/C17H18BrN3O2S/c1-2-6-20-16(23)10-24-17-14(9-19)13(8-15(22)21-17)11-4-3-5-12(18)7-11/h3-5,7,13H,2,6,8,10H2,1H3,(H,20,23)(H,21,22)/t13-/m1/s1. The third-order valence-corrected chi connectivity index (χ3v) is 5.04. The van der Waals surface area contributed by atoms with E-state index in [0.717, 1.165) is 16.5 Å². The van der Waals surface area contributed by atoms with Crippen molar-refractivity contribution in [3.05, 3.63) is 44.9 Å². The maximum Gasteiger partial charge on any atom is 0.230 e. The van der Waals surface area contributed by atoms with E-state index in [-0.39, 0.29) is 29.9 Å². The van der Waals surface area contributed by atoms with Crippen LogP contribution in [0.4, 0.5) is 0 Å². The summed E-state index contributed by atoms with van der Waals surface area (Å²) >= 11 is 4.61. The molecular weight excluding hydrogens is 390 g/mol. The predicted octanol–water partition coefficient (Wildman–Crippen LogP) is 3.05. The smallest absolute Gasteiger partial charge is 0.230 e. The maximum atomic E-state index is 12.0. The molecule has 1 aliphatic rings. The van der Waals surface area contributed by atoms with Crippen molar-refractivity contribution in [2.75, 3.05) is 12.3 Å². The van der Waals surface area contributed by atoms with Gasteiger partial charge in [-0.1, -0.05) is 46.7 Å². The molecule has 1 atom stereocenters. The highest BCUT2D eigenvalue weighted by Crippen LogP contribution is 2.36. The van der Waals surface area contributed by atoms with Crippen LogP contribution in [0.1, 0.15) is 31.2 Å². The number of rotatable bonds is 6. The molecule has 0 bridgehead atoms.